The highest BCUT2D eigenvalue weighted by atomic mass is 32.1. The van der Waals surface area contributed by atoms with E-state index < -0.39 is 0 Å². The number of phenols is 1. The summed E-state index contributed by atoms with van der Waals surface area (Å²) in [5.74, 6) is 0.122. The van der Waals surface area contributed by atoms with E-state index in [4.69, 9.17) is 0 Å². The second-order valence-electron chi connectivity index (χ2n) is 6.97. The van der Waals surface area contributed by atoms with Crippen LogP contribution in [0.4, 0.5) is 0 Å². The summed E-state index contributed by atoms with van der Waals surface area (Å²) in [7, 11) is 0. The van der Waals surface area contributed by atoms with Gasteiger partial charge in [-0.1, -0.05) is 6.42 Å². The smallest absolute Gasteiger partial charge is 0.246 e. The van der Waals surface area contributed by atoms with E-state index >= 15 is 0 Å². The van der Waals surface area contributed by atoms with Crippen molar-refractivity contribution in [1.82, 2.24) is 15.3 Å². The number of aromatic hydroxyl groups is 1. The number of likely N-dealkylation sites (tertiary alicyclic amines) is 1. The number of carbonyl (C=O) groups is 1. The van der Waals surface area contributed by atoms with Crippen LogP contribution < -0.4 is 5.43 Å². The molecule has 144 valence electrons. The Kier molecular flexibility index (Phi) is 6.58. The molecule has 2 N–H and O–H groups in total. The van der Waals surface area contributed by atoms with Crippen molar-refractivity contribution in [2.24, 2.45) is 5.10 Å². The Bertz CT molecular complexity index is 825. The van der Waals surface area contributed by atoms with Gasteiger partial charge in [0.2, 0.25) is 5.91 Å². The third-order valence-electron chi connectivity index (χ3n) is 4.67. The number of nitrogens with zero attached hydrogens (tertiary/aromatic N) is 3. The fourth-order valence-corrected chi connectivity index (χ4v) is 3.94. The van der Waals surface area contributed by atoms with Crippen molar-refractivity contribution in [2.75, 3.05) is 13.1 Å². The van der Waals surface area contributed by atoms with Crippen molar-refractivity contribution in [2.45, 2.75) is 46.1 Å². The molecule has 0 unspecified atom stereocenters. The van der Waals surface area contributed by atoms with E-state index in [2.05, 4.69) is 20.4 Å². The zero-order chi connectivity index (χ0) is 19.2. The predicted octanol–water partition coefficient (Wildman–Crippen LogP) is 3.23. The minimum atomic E-state index is -0.184. The van der Waals surface area contributed by atoms with Gasteiger partial charge < -0.3 is 5.11 Å². The van der Waals surface area contributed by atoms with Gasteiger partial charge in [-0.05, 0) is 63.5 Å². The van der Waals surface area contributed by atoms with Crippen LogP contribution in [0.15, 0.2) is 28.7 Å². The van der Waals surface area contributed by atoms with Gasteiger partial charge in [0.15, 0.2) is 0 Å². The lowest BCUT2D eigenvalue weighted by atomic mass is 10.0. The number of piperidine rings is 1. The van der Waals surface area contributed by atoms with E-state index in [0.29, 0.717) is 11.5 Å². The molecule has 0 saturated carbocycles. The summed E-state index contributed by atoms with van der Waals surface area (Å²) < 4.78 is 0. The molecular weight excluding hydrogens is 360 g/mol. The summed E-state index contributed by atoms with van der Waals surface area (Å²) in [6.07, 6.45) is 3.94. The van der Waals surface area contributed by atoms with Gasteiger partial charge in [-0.25, -0.2) is 10.4 Å². The molecule has 1 aliphatic heterocycles. The molecule has 3 rings (SSSR count). The number of aromatic nitrogens is 1. The highest BCUT2D eigenvalue weighted by molar-refractivity contribution is 7.09. The number of aryl methyl sites for hydroxylation is 1. The fourth-order valence-electron chi connectivity index (χ4n) is 3.17. The van der Waals surface area contributed by atoms with E-state index in [0.717, 1.165) is 41.5 Å². The van der Waals surface area contributed by atoms with E-state index in [1.54, 1.807) is 6.07 Å². The molecule has 0 spiro atoms. The normalized spacial score (nSPS) is 15.7. The minimum absolute atomic E-state index is 0.184. The van der Waals surface area contributed by atoms with Crippen molar-refractivity contribution in [1.29, 1.82) is 0 Å². The highest BCUT2D eigenvalue weighted by Gasteiger charge is 2.14. The minimum Gasteiger partial charge on any atom is -0.508 e. The van der Waals surface area contributed by atoms with Crippen LogP contribution in [-0.2, 0) is 17.8 Å². The number of hydrogen-bond acceptors (Lipinski definition) is 6. The van der Waals surface area contributed by atoms with Crippen LogP contribution in [0.5, 0.6) is 5.75 Å². The van der Waals surface area contributed by atoms with Crippen LogP contribution in [0, 0.1) is 6.92 Å². The van der Waals surface area contributed by atoms with Gasteiger partial charge in [-0.15, -0.1) is 11.3 Å². The number of carbonyl (C=O) groups excluding carboxylic acids is 1. The molecule has 0 radical (unpaired) electrons. The zero-order valence-electron chi connectivity index (χ0n) is 15.9. The van der Waals surface area contributed by atoms with Crippen molar-refractivity contribution in [3.8, 4) is 5.75 Å². The van der Waals surface area contributed by atoms with E-state index in [-0.39, 0.29) is 12.3 Å². The lowest BCUT2D eigenvalue weighted by Crippen LogP contribution is -2.29. The highest BCUT2D eigenvalue weighted by Crippen LogP contribution is 2.22. The van der Waals surface area contributed by atoms with Crippen LogP contribution >= 0.6 is 11.3 Å². The standard InChI is InChI=1S/C20H26N4O2S/c1-14-13-27-20(21-14)11-19(26)23-22-15(2)16-6-7-18(25)17(10-16)12-24-8-4-3-5-9-24/h6-7,10,13,25H,3-5,8-9,11-12H2,1-2H3,(H,23,26)/b22-15+. The third kappa shape index (κ3) is 5.61. The Morgan fingerprint density at radius 2 is 2.11 bits per heavy atom. The largest absolute Gasteiger partial charge is 0.508 e. The van der Waals surface area contributed by atoms with Crippen molar-refractivity contribution < 1.29 is 9.90 Å². The van der Waals surface area contributed by atoms with Gasteiger partial charge in [0.1, 0.15) is 10.8 Å². The average Bonchev–Trinajstić information content (AvgIpc) is 3.07. The maximum Gasteiger partial charge on any atom is 0.246 e. The Balaban J connectivity index is 1.62. The number of phenolic OH excluding ortho intramolecular Hbond substituents is 1. The summed E-state index contributed by atoms with van der Waals surface area (Å²) >= 11 is 1.48. The topological polar surface area (TPSA) is 77.8 Å². The lowest BCUT2D eigenvalue weighted by Gasteiger charge is -2.26. The number of hydrogen-bond donors (Lipinski definition) is 2. The molecule has 1 aromatic carbocycles. The van der Waals surface area contributed by atoms with Gasteiger partial charge in [0.25, 0.3) is 0 Å². The molecule has 1 saturated heterocycles. The number of nitrogens with one attached hydrogen (secondary N) is 1. The van der Waals surface area contributed by atoms with Gasteiger partial charge in [-0.2, -0.15) is 5.10 Å². The predicted molar refractivity (Wildman–Crippen MR) is 108 cm³/mol. The summed E-state index contributed by atoms with van der Waals surface area (Å²) in [5, 5.41) is 17.1. The maximum absolute atomic E-state index is 12.0. The first kappa shape index (κ1) is 19.5. The SMILES string of the molecule is C/C(=N\NC(=O)Cc1nc(C)cs1)c1ccc(O)c(CN2CCCCC2)c1. The van der Waals surface area contributed by atoms with Crippen molar-refractivity contribution in [3.63, 3.8) is 0 Å². The monoisotopic (exact) mass is 386 g/mol. The first-order valence-electron chi connectivity index (χ1n) is 9.30. The molecule has 0 atom stereocenters. The molecular formula is C20H26N4O2S. The molecule has 1 aromatic heterocycles. The van der Waals surface area contributed by atoms with Crippen molar-refractivity contribution >= 4 is 23.0 Å². The maximum atomic E-state index is 12.0. The third-order valence-corrected chi connectivity index (χ3v) is 5.63. The van der Waals surface area contributed by atoms with Crippen LogP contribution in [0.25, 0.3) is 0 Å². The Labute approximate surface area is 163 Å². The number of benzene rings is 1. The van der Waals surface area contributed by atoms with Gasteiger partial charge >= 0.3 is 0 Å². The van der Waals surface area contributed by atoms with Crippen LogP contribution in [-0.4, -0.2) is 39.7 Å². The second kappa shape index (κ2) is 9.10. The molecule has 2 heterocycles. The van der Waals surface area contributed by atoms with Gasteiger partial charge in [-0.3, -0.25) is 9.69 Å². The molecule has 7 heteroatoms. The average molecular weight is 387 g/mol. The van der Waals surface area contributed by atoms with E-state index in [9.17, 15) is 9.90 Å². The Hall–Kier alpha value is -2.25. The molecule has 1 fully saturated rings. The summed E-state index contributed by atoms with van der Waals surface area (Å²) in [6, 6.07) is 5.48. The van der Waals surface area contributed by atoms with E-state index in [1.165, 1.54) is 30.6 Å². The quantitative estimate of drug-likeness (QED) is 0.590. The first-order valence-corrected chi connectivity index (χ1v) is 10.2. The molecule has 6 nitrogen and oxygen atoms in total. The second-order valence-corrected chi connectivity index (χ2v) is 7.91. The lowest BCUT2D eigenvalue weighted by molar-refractivity contribution is -0.120. The zero-order valence-corrected chi connectivity index (χ0v) is 16.7. The van der Waals surface area contributed by atoms with Crippen molar-refractivity contribution in [3.05, 3.63) is 45.4 Å². The molecule has 0 aliphatic carbocycles. The molecule has 1 aliphatic rings. The van der Waals surface area contributed by atoms with Crippen LogP contribution in [0.2, 0.25) is 0 Å². The number of thiazole rings is 1. The fraction of sp³-hybridized carbons (Fsp3) is 0.450. The molecule has 2 aromatic rings. The van der Waals surface area contributed by atoms with Crippen LogP contribution in [0.1, 0.15) is 48.0 Å². The Morgan fingerprint density at radius 1 is 1.33 bits per heavy atom. The van der Waals surface area contributed by atoms with Crippen LogP contribution in [0.3, 0.4) is 0 Å². The molecule has 27 heavy (non-hydrogen) atoms. The Morgan fingerprint density at radius 3 is 2.81 bits per heavy atom. The number of amides is 1. The summed E-state index contributed by atoms with van der Waals surface area (Å²) in [6.45, 7) is 6.64. The number of hydrazone groups is 1. The molecule has 0 bridgehead atoms. The summed E-state index contributed by atoms with van der Waals surface area (Å²) in [5.41, 5.74) is 6.02. The molecule has 1 amide bonds. The van der Waals surface area contributed by atoms with E-state index in [1.807, 2.05) is 31.4 Å². The number of rotatable bonds is 6. The van der Waals surface area contributed by atoms with Gasteiger partial charge in [0, 0.05) is 23.2 Å². The first-order chi connectivity index (χ1) is 13.0. The summed E-state index contributed by atoms with van der Waals surface area (Å²) in [4.78, 5) is 18.7. The van der Waals surface area contributed by atoms with Gasteiger partial charge in [0.05, 0.1) is 12.1 Å².